The Morgan fingerprint density at radius 1 is 1.41 bits per heavy atom. The lowest BCUT2D eigenvalue weighted by Gasteiger charge is -2.25. The highest BCUT2D eigenvalue weighted by molar-refractivity contribution is 6.31. The molecule has 1 aromatic carbocycles. The molecule has 1 saturated heterocycles. The van der Waals surface area contributed by atoms with Crippen molar-refractivity contribution < 1.29 is 9.84 Å². The van der Waals surface area contributed by atoms with E-state index in [1.807, 2.05) is 24.3 Å². The number of aromatic nitrogens is 1. The van der Waals surface area contributed by atoms with E-state index in [-0.39, 0.29) is 12.1 Å². The number of methoxy groups -OCH3 is 1. The molecule has 1 N–H and O–H groups in total. The predicted molar refractivity (Wildman–Crippen MR) is 86.0 cm³/mol. The minimum atomic E-state index is -0.322. The lowest BCUT2D eigenvalue weighted by atomic mass is 10.0. The maximum absolute atomic E-state index is 10.1. The van der Waals surface area contributed by atoms with E-state index in [1.165, 1.54) is 0 Å². The second kappa shape index (κ2) is 6.65. The van der Waals surface area contributed by atoms with E-state index in [2.05, 4.69) is 16.0 Å². The van der Waals surface area contributed by atoms with Crippen molar-refractivity contribution in [2.75, 3.05) is 13.7 Å². The third-order valence-corrected chi connectivity index (χ3v) is 4.43. The van der Waals surface area contributed by atoms with Gasteiger partial charge in [0.1, 0.15) is 5.75 Å². The van der Waals surface area contributed by atoms with E-state index in [9.17, 15) is 5.11 Å². The maximum atomic E-state index is 10.1. The molecular weight excluding hydrogens is 300 g/mol. The number of benzene rings is 1. The second-order valence-corrected chi connectivity index (χ2v) is 5.99. The van der Waals surface area contributed by atoms with Crippen LogP contribution in [0.25, 0.3) is 0 Å². The summed E-state index contributed by atoms with van der Waals surface area (Å²) in [7, 11) is 1.66. The van der Waals surface area contributed by atoms with Crippen LogP contribution >= 0.6 is 11.6 Å². The predicted octanol–water partition coefficient (Wildman–Crippen LogP) is 3.05. The van der Waals surface area contributed by atoms with Crippen molar-refractivity contribution in [2.24, 2.45) is 0 Å². The highest BCUT2D eigenvalue weighted by atomic mass is 35.5. The molecule has 1 aliphatic rings. The van der Waals surface area contributed by atoms with Crippen LogP contribution in [0.5, 0.6) is 5.75 Å². The highest BCUT2D eigenvalue weighted by Crippen LogP contribution is 2.35. The van der Waals surface area contributed by atoms with Gasteiger partial charge in [0.05, 0.1) is 18.2 Å². The molecule has 1 aromatic heterocycles. The Hall–Kier alpha value is -1.62. The fourth-order valence-corrected chi connectivity index (χ4v) is 3.18. The zero-order chi connectivity index (χ0) is 15.5. The summed E-state index contributed by atoms with van der Waals surface area (Å²) < 4.78 is 5.30. The molecule has 2 atom stereocenters. The van der Waals surface area contributed by atoms with Crippen LogP contribution < -0.4 is 4.74 Å². The van der Waals surface area contributed by atoms with Crippen molar-refractivity contribution in [1.82, 2.24) is 9.88 Å². The van der Waals surface area contributed by atoms with Crippen molar-refractivity contribution in [1.29, 1.82) is 0 Å². The molecule has 0 bridgehead atoms. The molecule has 5 heteroatoms. The van der Waals surface area contributed by atoms with Gasteiger partial charge in [-0.2, -0.15) is 0 Å². The molecule has 0 aliphatic carbocycles. The van der Waals surface area contributed by atoms with Crippen LogP contribution in [0.15, 0.2) is 42.7 Å². The van der Waals surface area contributed by atoms with E-state index in [0.717, 1.165) is 23.3 Å². The average Bonchev–Trinajstić information content (AvgIpc) is 2.90. The van der Waals surface area contributed by atoms with Gasteiger partial charge in [0.2, 0.25) is 0 Å². The van der Waals surface area contributed by atoms with Gasteiger partial charge in [-0.05, 0) is 35.7 Å². The molecule has 0 spiro atoms. The van der Waals surface area contributed by atoms with E-state index in [4.69, 9.17) is 16.3 Å². The summed E-state index contributed by atoms with van der Waals surface area (Å²) in [5, 5.41) is 10.7. The average molecular weight is 319 g/mol. The van der Waals surface area contributed by atoms with E-state index < -0.39 is 0 Å². The Morgan fingerprint density at radius 3 is 3.05 bits per heavy atom. The Kier molecular flexibility index (Phi) is 4.62. The van der Waals surface area contributed by atoms with Gasteiger partial charge >= 0.3 is 0 Å². The van der Waals surface area contributed by atoms with Crippen LogP contribution in [0, 0.1) is 0 Å². The Labute approximate surface area is 135 Å². The van der Waals surface area contributed by atoms with Crippen molar-refractivity contribution >= 4 is 11.6 Å². The summed E-state index contributed by atoms with van der Waals surface area (Å²) in [5.74, 6) is 0.834. The van der Waals surface area contributed by atoms with E-state index in [0.29, 0.717) is 18.1 Å². The minimum absolute atomic E-state index is 0.161. The summed E-state index contributed by atoms with van der Waals surface area (Å²) in [5.41, 5.74) is 2.18. The number of hydrogen-bond acceptors (Lipinski definition) is 4. The standard InChI is InChI=1S/C17H19ClN2O2/c1-22-15-4-2-3-12(7-15)17-8-14(21)11-20(17)10-13-5-6-19-9-16(13)18/h2-7,9,14,17,21H,8,10-11H2,1H3. The molecule has 0 amide bonds. The second-order valence-electron chi connectivity index (χ2n) is 5.58. The first kappa shape index (κ1) is 15.3. The first-order valence-electron chi connectivity index (χ1n) is 7.32. The molecule has 2 aromatic rings. The normalized spacial score (nSPS) is 22.0. The first-order chi connectivity index (χ1) is 10.7. The summed E-state index contributed by atoms with van der Waals surface area (Å²) in [6, 6.07) is 10.1. The van der Waals surface area contributed by atoms with Crippen LogP contribution in [0.3, 0.4) is 0 Å². The number of pyridine rings is 1. The molecule has 1 aliphatic heterocycles. The summed E-state index contributed by atoms with van der Waals surface area (Å²) >= 11 is 6.21. The molecule has 0 saturated carbocycles. The van der Waals surface area contributed by atoms with Gasteiger partial charge in [-0.3, -0.25) is 9.88 Å². The van der Waals surface area contributed by atoms with Crippen molar-refractivity contribution in [3.63, 3.8) is 0 Å². The van der Waals surface area contributed by atoms with E-state index in [1.54, 1.807) is 19.5 Å². The zero-order valence-corrected chi connectivity index (χ0v) is 13.2. The molecule has 22 heavy (non-hydrogen) atoms. The molecule has 3 rings (SSSR count). The fourth-order valence-electron chi connectivity index (χ4n) is 3.00. The smallest absolute Gasteiger partial charge is 0.119 e. The van der Waals surface area contributed by atoms with Crippen molar-refractivity contribution in [3.05, 3.63) is 58.9 Å². The fraction of sp³-hybridized carbons (Fsp3) is 0.353. The molecule has 1 fully saturated rings. The molecule has 2 heterocycles. The highest BCUT2D eigenvalue weighted by Gasteiger charge is 2.32. The summed E-state index contributed by atoms with van der Waals surface area (Å²) in [4.78, 5) is 6.27. The van der Waals surface area contributed by atoms with Gasteiger partial charge in [-0.15, -0.1) is 0 Å². The van der Waals surface area contributed by atoms with Gasteiger partial charge in [0.15, 0.2) is 0 Å². The maximum Gasteiger partial charge on any atom is 0.119 e. The van der Waals surface area contributed by atoms with Gasteiger partial charge in [0.25, 0.3) is 0 Å². The zero-order valence-electron chi connectivity index (χ0n) is 12.4. The molecular formula is C17H19ClN2O2. The van der Waals surface area contributed by atoms with Gasteiger partial charge in [-0.25, -0.2) is 0 Å². The Morgan fingerprint density at radius 2 is 2.27 bits per heavy atom. The number of β-amino-alcohol motifs (C(OH)–C–C–N with tert-alkyl or cyclic N) is 1. The topological polar surface area (TPSA) is 45.6 Å². The monoisotopic (exact) mass is 318 g/mol. The largest absolute Gasteiger partial charge is 0.497 e. The van der Waals surface area contributed by atoms with Crippen LogP contribution in [0.1, 0.15) is 23.6 Å². The number of aliphatic hydroxyl groups is 1. The number of likely N-dealkylation sites (tertiary alicyclic amines) is 1. The van der Waals surface area contributed by atoms with E-state index >= 15 is 0 Å². The van der Waals surface area contributed by atoms with Gasteiger partial charge < -0.3 is 9.84 Å². The number of nitrogens with zero attached hydrogens (tertiary/aromatic N) is 2. The number of aliphatic hydroxyl groups excluding tert-OH is 1. The molecule has 0 radical (unpaired) electrons. The summed E-state index contributed by atoms with van der Waals surface area (Å²) in [6.07, 6.45) is 3.80. The minimum Gasteiger partial charge on any atom is -0.497 e. The Bertz CT molecular complexity index is 650. The number of ether oxygens (including phenoxy) is 1. The lowest BCUT2D eigenvalue weighted by Crippen LogP contribution is -2.24. The Balaban J connectivity index is 1.84. The van der Waals surface area contributed by atoms with Crippen LogP contribution in [-0.4, -0.2) is 34.7 Å². The van der Waals surface area contributed by atoms with Crippen LogP contribution in [0.2, 0.25) is 5.02 Å². The molecule has 4 nitrogen and oxygen atoms in total. The number of hydrogen-bond donors (Lipinski definition) is 1. The van der Waals surface area contributed by atoms with Gasteiger partial charge in [-0.1, -0.05) is 23.7 Å². The third-order valence-electron chi connectivity index (χ3n) is 4.09. The first-order valence-corrected chi connectivity index (χ1v) is 7.69. The SMILES string of the molecule is COc1cccc(C2CC(O)CN2Cc2ccncc2Cl)c1. The van der Waals surface area contributed by atoms with Gasteiger partial charge in [0, 0.05) is 31.5 Å². The quantitative estimate of drug-likeness (QED) is 0.941. The van der Waals surface area contributed by atoms with Crippen LogP contribution in [-0.2, 0) is 6.54 Å². The molecule has 2 unspecified atom stereocenters. The number of rotatable bonds is 4. The third kappa shape index (κ3) is 3.24. The lowest BCUT2D eigenvalue weighted by molar-refractivity contribution is 0.172. The van der Waals surface area contributed by atoms with Crippen molar-refractivity contribution in [3.8, 4) is 5.75 Å². The van der Waals surface area contributed by atoms with Crippen LogP contribution in [0.4, 0.5) is 0 Å². The van der Waals surface area contributed by atoms with Crippen molar-refractivity contribution in [2.45, 2.75) is 25.1 Å². The summed E-state index contributed by atoms with van der Waals surface area (Å²) in [6.45, 7) is 1.33. The number of halogens is 1. The molecule has 116 valence electrons.